The molecule has 3 aliphatic heterocycles. The van der Waals surface area contributed by atoms with Crippen molar-refractivity contribution in [3.8, 4) is 33.6 Å². The van der Waals surface area contributed by atoms with Gasteiger partial charge in [-0.3, -0.25) is 9.59 Å². The van der Waals surface area contributed by atoms with Crippen molar-refractivity contribution in [1.29, 1.82) is 0 Å². The Kier molecular flexibility index (Phi) is 18.4. The van der Waals surface area contributed by atoms with Gasteiger partial charge in [0.05, 0.1) is 50.1 Å². The number of nitrogens with zero attached hydrogens (tertiary/aromatic N) is 4. The first kappa shape index (κ1) is 50.9. The van der Waals surface area contributed by atoms with Gasteiger partial charge in [-0.1, -0.05) is 82.6 Å². The predicted octanol–water partition coefficient (Wildman–Crippen LogP) is 11.0. The lowest BCUT2D eigenvalue weighted by atomic mass is 9.89. The zero-order chi connectivity index (χ0) is 48.7. The third-order valence-electron chi connectivity index (χ3n) is 13.2. The van der Waals surface area contributed by atoms with Crippen LogP contribution >= 0.6 is 0 Å². The Balaban J connectivity index is 0.00000136. The molecule has 8 rings (SSSR count). The summed E-state index contributed by atoms with van der Waals surface area (Å²) in [5, 5.41) is 7.45. The van der Waals surface area contributed by atoms with E-state index in [-0.39, 0.29) is 42.1 Å². The summed E-state index contributed by atoms with van der Waals surface area (Å²) in [5.74, 6) is 1.79. The molecule has 0 radical (unpaired) electrons. The number of amides is 4. The normalized spacial score (nSPS) is 19.7. The number of hydrogen-bond acceptors (Lipinski definition) is 9. The van der Waals surface area contributed by atoms with Crippen molar-refractivity contribution in [2.75, 3.05) is 47.1 Å². The van der Waals surface area contributed by atoms with E-state index in [4.69, 9.17) is 19.4 Å². The second-order valence-electron chi connectivity index (χ2n) is 18.2. The van der Waals surface area contributed by atoms with Gasteiger partial charge in [-0.2, -0.15) is 0 Å². The number of H-pyrrole nitrogens is 2. The van der Waals surface area contributed by atoms with Gasteiger partial charge >= 0.3 is 12.2 Å². The highest BCUT2D eigenvalue weighted by Gasteiger charge is 2.39. The van der Waals surface area contributed by atoms with E-state index < -0.39 is 18.2 Å². The highest BCUT2D eigenvalue weighted by atomic mass is 16.5. The van der Waals surface area contributed by atoms with Crippen LogP contribution in [0.4, 0.5) is 9.59 Å². The molecule has 0 aliphatic carbocycles. The van der Waals surface area contributed by atoms with Crippen LogP contribution in [0.25, 0.3) is 44.4 Å². The Hall–Kier alpha value is -6.48. The van der Waals surface area contributed by atoms with Gasteiger partial charge in [-0.15, -0.1) is 13.2 Å². The van der Waals surface area contributed by atoms with Crippen LogP contribution in [0.15, 0.2) is 86.2 Å². The molecule has 372 valence electrons. The number of carbonyl (C=O) groups is 4. The maximum absolute atomic E-state index is 14.0. The van der Waals surface area contributed by atoms with Gasteiger partial charge in [0.25, 0.3) is 0 Å². The summed E-state index contributed by atoms with van der Waals surface area (Å²) in [6, 6.07) is 20.0. The Morgan fingerprint density at radius 1 is 0.750 bits per heavy atom. The third-order valence-corrected chi connectivity index (χ3v) is 13.2. The van der Waals surface area contributed by atoms with E-state index in [9.17, 15) is 19.2 Å². The van der Waals surface area contributed by atoms with Crippen LogP contribution in [-0.2, 0) is 23.8 Å². The fraction of sp³-hybridized carbons (Fsp3) is 0.472. The average molecular weight is 939 g/mol. The smallest absolute Gasteiger partial charge is 0.407 e. The lowest BCUT2D eigenvalue weighted by Gasteiger charge is -2.41. The van der Waals surface area contributed by atoms with Gasteiger partial charge in [0.1, 0.15) is 24.2 Å². The lowest BCUT2D eigenvalue weighted by molar-refractivity contribution is -0.140. The quantitative estimate of drug-likeness (QED) is 0.0936. The zero-order valence-corrected chi connectivity index (χ0v) is 40.6. The van der Waals surface area contributed by atoms with E-state index in [0.29, 0.717) is 24.9 Å². The highest BCUT2D eigenvalue weighted by Crippen LogP contribution is 2.37. The summed E-state index contributed by atoms with van der Waals surface area (Å²) >= 11 is 0. The molecule has 0 bridgehead atoms. The van der Waals surface area contributed by atoms with E-state index >= 15 is 0 Å². The number of piperidine rings is 2. The largest absolute Gasteiger partial charge is 0.453 e. The second-order valence-corrected chi connectivity index (χ2v) is 18.2. The number of imidazole rings is 2. The minimum Gasteiger partial charge on any atom is -0.453 e. The Morgan fingerprint density at radius 2 is 1.31 bits per heavy atom. The molecule has 2 aromatic heterocycles. The van der Waals surface area contributed by atoms with E-state index in [1.807, 2.05) is 31.1 Å². The zero-order valence-electron chi connectivity index (χ0n) is 40.6. The molecule has 3 aromatic carbocycles. The summed E-state index contributed by atoms with van der Waals surface area (Å²) in [5.41, 5.74) is 5.90. The van der Waals surface area contributed by atoms with Crippen molar-refractivity contribution >= 4 is 34.8 Å². The van der Waals surface area contributed by atoms with Gasteiger partial charge in [-0.05, 0) is 102 Å². The van der Waals surface area contributed by atoms with E-state index in [2.05, 4.69) is 113 Å². The summed E-state index contributed by atoms with van der Waals surface area (Å²) < 4.78 is 14.5. The molecular weight excluding hydrogens is 861 g/mol. The molecule has 0 unspecified atom stereocenters. The van der Waals surface area contributed by atoms with Crippen molar-refractivity contribution in [3.63, 3.8) is 0 Å². The summed E-state index contributed by atoms with van der Waals surface area (Å²) in [4.78, 5) is 71.0. The molecule has 5 aromatic rings. The molecule has 5 atom stereocenters. The molecule has 15 nitrogen and oxygen atoms in total. The molecule has 3 saturated heterocycles. The number of aromatic nitrogens is 4. The molecule has 0 saturated carbocycles. The van der Waals surface area contributed by atoms with Crippen molar-refractivity contribution in [2.45, 2.75) is 97.2 Å². The van der Waals surface area contributed by atoms with E-state index in [1.165, 1.54) is 33.5 Å². The number of hydrogen-bond donors (Lipinski definition) is 4. The number of likely N-dealkylation sites (tertiary alicyclic amines) is 2. The minimum atomic E-state index is -0.702. The van der Waals surface area contributed by atoms with Gasteiger partial charge in [-0.25, -0.2) is 19.6 Å². The molecule has 4 N–H and O–H groups in total. The molecular formula is C53H78N8O7. The standard InChI is InChI=1S/C46H56N8O6.C5H10O.C2H4.4H2/c1-7-29-9-19-39(54(26-29)44(56)41(27(2)3)52-46(58)60-6)43-47-22-36(50-43)31-12-10-30(11-13-31)32-14-15-34-21-35(17-16-33(34)20-32)37-23-48-42(51-37)38-18-8-28(4)25-53(38)40(55)24-49-45(57)59-5;1-2-4-6-5-3-1;1-2;;;;/h10-17,20-23,27-29,38-39,41H,7-9,18-19,24-26H2,1-6H3,(H,47,50)(H,48,51)(H,49,57)(H,52,58);1-5H2;1-2H2;4*1H/t28-,29-,38-,39-,41-;;;;;;/m0....../s1. The molecule has 0 spiro atoms. The van der Waals surface area contributed by atoms with E-state index in [1.54, 1.807) is 4.90 Å². The second kappa shape index (κ2) is 24.5. The Morgan fingerprint density at radius 3 is 1.88 bits per heavy atom. The molecule has 15 heteroatoms. The molecule has 68 heavy (non-hydrogen) atoms. The van der Waals surface area contributed by atoms with Crippen molar-refractivity contribution < 1.29 is 39.1 Å². The first-order valence-corrected chi connectivity index (χ1v) is 24.0. The van der Waals surface area contributed by atoms with Crippen LogP contribution < -0.4 is 10.6 Å². The van der Waals surface area contributed by atoms with Gasteiger partial charge < -0.3 is 44.6 Å². The Labute approximate surface area is 406 Å². The monoisotopic (exact) mass is 939 g/mol. The van der Waals surface area contributed by atoms with Crippen LogP contribution in [0.5, 0.6) is 0 Å². The third kappa shape index (κ3) is 12.7. The van der Waals surface area contributed by atoms with Crippen molar-refractivity contribution in [3.05, 3.63) is 97.9 Å². The fourth-order valence-corrected chi connectivity index (χ4v) is 9.25. The fourth-order valence-electron chi connectivity index (χ4n) is 9.25. The Bertz CT molecular complexity index is 2450. The number of methoxy groups -OCH3 is 2. The first-order valence-electron chi connectivity index (χ1n) is 24.0. The number of alkyl carbamates (subject to hydrolysis) is 2. The van der Waals surface area contributed by atoms with Crippen molar-refractivity contribution in [1.82, 2.24) is 40.4 Å². The minimum absolute atomic E-state index is 0. The number of fused-ring (bicyclic) bond motifs is 1. The van der Waals surface area contributed by atoms with Crippen LogP contribution in [-0.4, -0.2) is 107 Å². The van der Waals surface area contributed by atoms with Crippen LogP contribution in [0, 0.1) is 17.8 Å². The van der Waals surface area contributed by atoms with Gasteiger partial charge in [0.15, 0.2) is 0 Å². The summed E-state index contributed by atoms with van der Waals surface area (Å²) in [6.07, 6.45) is 10.8. The average Bonchev–Trinajstić information content (AvgIpc) is 4.09. The summed E-state index contributed by atoms with van der Waals surface area (Å²) in [6.45, 7) is 17.2. The van der Waals surface area contributed by atoms with Crippen LogP contribution in [0.3, 0.4) is 0 Å². The number of ether oxygens (including phenoxy) is 3. The predicted molar refractivity (Wildman–Crippen MR) is 274 cm³/mol. The molecule has 3 fully saturated rings. The maximum Gasteiger partial charge on any atom is 0.407 e. The highest BCUT2D eigenvalue weighted by molar-refractivity contribution is 5.91. The maximum atomic E-state index is 14.0. The first-order chi connectivity index (χ1) is 33.0. The summed E-state index contributed by atoms with van der Waals surface area (Å²) in [7, 11) is 2.58. The number of rotatable bonds is 11. The van der Waals surface area contributed by atoms with Gasteiger partial charge in [0.2, 0.25) is 11.8 Å². The van der Waals surface area contributed by atoms with Gasteiger partial charge in [0, 0.05) is 37.6 Å². The van der Waals surface area contributed by atoms with E-state index in [0.717, 1.165) is 101 Å². The topological polar surface area (TPSA) is 184 Å². The number of nitrogens with one attached hydrogen (secondary N) is 4. The molecule has 4 amide bonds. The number of aromatic amines is 2. The number of benzene rings is 3. The molecule has 3 aliphatic rings. The van der Waals surface area contributed by atoms with Crippen LogP contribution in [0.2, 0.25) is 0 Å². The lowest BCUT2D eigenvalue weighted by Crippen LogP contribution is -2.54. The molecule has 5 heterocycles. The number of carbonyl (C=O) groups excluding carboxylic acids is 4. The SMILES string of the molecule is C1CCOCC1.C=C.CC[C@H]1CC[C@@H](c2ncc(-c3ccc(-c4ccc5cc(-c6cnc([C@@H]7CC[C@H](C)CN7C(=O)CNC(=O)OC)[nH]6)ccc5c4)cc3)[nH]2)N(C(=O)[C@@H](NC(=O)OC)C(C)C)C1.[HH].[HH].[HH].[HH]. The van der Waals surface area contributed by atoms with Crippen molar-refractivity contribution in [2.24, 2.45) is 17.8 Å². The van der Waals surface area contributed by atoms with Crippen LogP contribution in [0.1, 0.15) is 109 Å².